The fourth-order valence-electron chi connectivity index (χ4n) is 2.79. The molecule has 19 heavy (non-hydrogen) atoms. The van der Waals surface area contributed by atoms with Crippen LogP contribution in [0.5, 0.6) is 0 Å². The third kappa shape index (κ3) is 4.90. The maximum absolute atomic E-state index is 4.60. The molecule has 1 aromatic heterocycles. The molecule has 1 heterocycles. The van der Waals surface area contributed by atoms with Crippen LogP contribution < -0.4 is 5.32 Å². The molecular weight excluding hydrogens is 234 g/mol. The fraction of sp³-hybridized carbons (Fsp3) is 0.750. The quantitative estimate of drug-likeness (QED) is 0.819. The van der Waals surface area contributed by atoms with Crippen molar-refractivity contribution in [2.45, 2.75) is 70.8 Å². The van der Waals surface area contributed by atoms with Gasteiger partial charge in [-0.3, -0.25) is 0 Å². The Balaban J connectivity index is 1.88. The van der Waals surface area contributed by atoms with Crippen molar-refractivity contribution in [3.63, 3.8) is 0 Å². The van der Waals surface area contributed by atoms with E-state index in [1.165, 1.54) is 56.9 Å². The lowest BCUT2D eigenvalue weighted by Gasteiger charge is -2.18. The smallest absolute Gasteiger partial charge is 0.131 e. The SMILES string of the molecule is CCCNCc1cnc(C2CCCCCCC2)nc1. The molecule has 0 atom stereocenters. The van der Waals surface area contributed by atoms with E-state index in [1.54, 1.807) is 0 Å². The van der Waals surface area contributed by atoms with Crippen LogP contribution in [-0.4, -0.2) is 16.5 Å². The van der Waals surface area contributed by atoms with Crippen LogP contribution in [0.4, 0.5) is 0 Å². The summed E-state index contributed by atoms with van der Waals surface area (Å²) in [5, 5.41) is 3.39. The standard InChI is InChI=1S/C16H27N3/c1-2-10-17-11-14-12-18-16(19-13-14)15-8-6-4-3-5-7-9-15/h12-13,15,17H,2-11H2,1H3. The first-order chi connectivity index (χ1) is 9.40. The van der Waals surface area contributed by atoms with Crippen LogP contribution in [0.25, 0.3) is 0 Å². The van der Waals surface area contributed by atoms with Crippen LogP contribution in [0, 0.1) is 0 Å². The highest BCUT2D eigenvalue weighted by atomic mass is 14.9. The number of hydrogen-bond donors (Lipinski definition) is 1. The van der Waals surface area contributed by atoms with Gasteiger partial charge in [0.15, 0.2) is 0 Å². The van der Waals surface area contributed by atoms with E-state index >= 15 is 0 Å². The minimum absolute atomic E-state index is 0.595. The number of hydrogen-bond acceptors (Lipinski definition) is 3. The lowest BCUT2D eigenvalue weighted by atomic mass is 9.90. The van der Waals surface area contributed by atoms with Crippen molar-refractivity contribution in [1.29, 1.82) is 0 Å². The molecule has 0 radical (unpaired) electrons. The number of rotatable bonds is 5. The molecule has 0 spiro atoms. The van der Waals surface area contributed by atoms with Crippen molar-refractivity contribution in [3.8, 4) is 0 Å². The first kappa shape index (κ1) is 14.4. The van der Waals surface area contributed by atoms with Gasteiger partial charge in [0.2, 0.25) is 0 Å². The second-order valence-corrected chi connectivity index (χ2v) is 5.67. The third-order valence-corrected chi connectivity index (χ3v) is 3.95. The zero-order valence-electron chi connectivity index (χ0n) is 12.2. The van der Waals surface area contributed by atoms with Gasteiger partial charge in [0.1, 0.15) is 5.82 Å². The summed E-state index contributed by atoms with van der Waals surface area (Å²) < 4.78 is 0. The Morgan fingerprint density at radius 1 is 1.05 bits per heavy atom. The Hall–Kier alpha value is -0.960. The molecule has 0 bridgehead atoms. The summed E-state index contributed by atoms with van der Waals surface area (Å²) in [6, 6.07) is 0. The van der Waals surface area contributed by atoms with E-state index in [0.29, 0.717) is 5.92 Å². The van der Waals surface area contributed by atoms with Crippen LogP contribution in [0.15, 0.2) is 12.4 Å². The van der Waals surface area contributed by atoms with Crippen molar-refractivity contribution in [1.82, 2.24) is 15.3 Å². The summed E-state index contributed by atoms with van der Waals surface area (Å²) in [7, 11) is 0. The predicted molar refractivity (Wildman–Crippen MR) is 79.1 cm³/mol. The van der Waals surface area contributed by atoms with Gasteiger partial charge in [-0.15, -0.1) is 0 Å². The minimum atomic E-state index is 0.595. The third-order valence-electron chi connectivity index (χ3n) is 3.95. The molecule has 106 valence electrons. The van der Waals surface area contributed by atoms with Crippen LogP contribution in [0.3, 0.4) is 0 Å². The number of aromatic nitrogens is 2. The summed E-state index contributed by atoms with van der Waals surface area (Å²) >= 11 is 0. The first-order valence-corrected chi connectivity index (χ1v) is 7.91. The molecule has 0 unspecified atom stereocenters. The largest absolute Gasteiger partial charge is 0.313 e. The molecule has 3 heteroatoms. The minimum Gasteiger partial charge on any atom is -0.313 e. The molecule has 1 aliphatic rings. The second kappa shape index (κ2) is 8.26. The van der Waals surface area contributed by atoms with Crippen LogP contribution in [-0.2, 0) is 6.54 Å². The molecule has 1 aliphatic carbocycles. The van der Waals surface area contributed by atoms with Gasteiger partial charge in [0.25, 0.3) is 0 Å². The Morgan fingerprint density at radius 2 is 1.68 bits per heavy atom. The predicted octanol–water partition coefficient (Wildman–Crippen LogP) is 3.80. The summed E-state index contributed by atoms with van der Waals surface area (Å²) in [5.41, 5.74) is 1.20. The van der Waals surface area contributed by atoms with E-state index in [1.807, 2.05) is 12.4 Å². The molecule has 0 amide bonds. The van der Waals surface area contributed by atoms with Crippen molar-refractivity contribution < 1.29 is 0 Å². The van der Waals surface area contributed by atoms with E-state index in [4.69, 9.17) is 0 Å². The molecule has 3 nitrogen and oxygen atoms in total. The van der Waals surface area contributed by atoms with Gasteiger partial charge in [0, 0.05) is 30.4 Å². The Bertz CT molecular complexity index is 340. The van der Waals surface area contributed by atoms with Crippen molar-refractivity contribution in [3.05, 3.63) is 23.8 Å². The molecule has 1 aromatic rings. The molecule has 1 saturated carbocycles. The van der Waals surface area contributed by atoms with E-state index in [9.17, 15) is 0 Å². The average molecular weight is 261 g/mol. The maximum atomic E-state index is 4.60. The van der Waals surface area contributed by atoms with Crippen LogP contribution in [0.2, 0.25) is 0 Å². The maximum Gasteiger partial charge on any atom is 0.131 e. The number of nitrogens with zero attached hydrogens (tertiary/aromatic N) is 2. The first-order valence-electron chi connectivity index (χ1n) is 7.91. The lowest BCUT2D eigenvalue weighted by Crippen LogP contribution is -2.15. The Kier molecular flexibility index (Phi) is 6.28. The van der Waals surface area contributed by atoms with Gasteiger partial charge in [0.05, 0.1) is 0 Å². The Morgan fingerprint density at radius 3 is 2.32 bits per heavy atom. The van der Waals surface area contributed by atoms with Crippen LogP contribution >= 0.6 is 0 Å². The van der Waals surface area contributed by atoms with Crippen molar-refractivity contribution in [2.24, 2.45) is 0 Å². The molecule has 2 rings (SSSR count). The summed E-state index contributed by atoms with van der Waals surface area (Å²) in [6.07, 6.45) is 14.6. The van der Waals surface area contributed by atoms with E-state index in [0.717, 1.165) is 18.9 Å². The average Bonchev–Trinajstić information content (AvgIpc) is 2.40. The van der Waals surface area contributed by atoms with Gasteiger partial charge in [-0.05, 0) is 25.8 Å². The number of nitrogens with one attached hydrogen (secondary N) is 1. The zero-order valence-corrected chi connectivity index (χ0v) is 12.2. The summed E-state index contributed by atoms with van der Waals surface area (Å²) in [6.45, 7) is 4.13. The Labute approximate surface area is 117 Å². The molecule has 0 saturated heterocycles. The summed E-state index contributed by atoms with van der Waals surface area (Å²) in [5.74, 6) is 1.67. The van der Waals surface area contributed by atoms with Gasteiger partial charge in [-0.25, -0.2) is 9.97 Å². The van der Waals surface area contributed by atoms with Crippen molar-refractivity contribution >= 4 is 0 Å². The van der Waals surface area contributed by atoms with Crippen molar-refractivity contribution in [2.75, 3.05) is 6.54 Å². The van der Waals surface area contributed by atoms with E-state index < -0.39 is 0 Å². The second-order valence-electron chi connectivity index (χ2n) is 5.67. The molecule has 0 aliphatic heterocycles. The highest BCUT2D eigenvalue weighted by molar-refractivity contribution is 5.07. The normalized spacial score (nSPS) is 17.9. The monoisotopic (exact) mass is 261 g/mol. The molecule has 1 N–H and O–H groups in total. The van der Waals surface area contributed by atoms with Gasteiger partial charge >= 0.3 is 0 Å². The lowest BCUT2D eigenvalue weighted by molar-refractivity contribution is 0.442. The highest BCUT2D eigenvalue weighted by Gasteiger charge is 2.15. The molecule has 0 aromatic carbocycles. The van der Waals surface area contributed by atoms with Gasteiger partial charge < -0.3 is 5.32 Å². The molecular formula is C16H27N3. The zero-order chi connectivity index (χ0) is 13.3. The summed E-state index contributed by atoms with van der Waals surface area (Å²) in [4.78, 5) is 9.20. The highest BCUT2D eigenvalue weighted by Crippen LogP contribution is 2.28. The molecule has 1 fully saturated rings. The topological polar surface area (TPSA) is 37.8 Å². The van der Waals surface area contributed by atoms with E-state index in [-0.39, 0.29) is 0 Å². The van der Waals surface area contributed by atoms with Crippen LogP contribution in [0.1, 0.15) is 75.6 Å². The fourth-order valence-corrected chi connectivity index (χ4v) is 2.79. The van der Waals surface area contributed by atoms with Gasteiger partial charge in [-0.2, -0.15) is 0 Å². The van der Waals surface area contributed by atoms with Gasteiger partial charge in [-0.1, -0.05) is 39.0 Å². The van der Waals surface area contributed by atoms with E-state index in [2.05, 4.69) is 22.2 Å².